The Hall–Kier alpha value is -2.27. The number of hydrogen-bond donors (Lipinski definition) is 0. The van der Waals surface area contributed by atoms with Gasteiger partial charge in [-0.15, -0.1) is 0 Å². The molecule has 4 heterocycles. The van der Waals surface area contributed by atoms with Crippen LogP contribution in [0.2, 0.25) is 0 Å². The lowest BCUT2D eigenvalue weighted by atomic mass is 9.71. The Morgan fingerprint density at radius 3 is 2.64 bits per heavy atom. The summed E-state index contributed by atoms with van der Waals surface area (Å²) in [5, 5.41) is 4.09. The summed E-state index contributed by atoms with van der Waals surface area (Å²) >= 11 is 0. The van der Waals surface area contributed by atoms with E-state index in [-0.39, 0.29) is 11.8 Å². The van der Waals surface area contributed by atoms with E-state index in [9.17, 15) is 13.2 Å². The van der Waals surface area contributed by atoms with Crippen LogP contribution >= 0.6 is 0 Å². The summed E-state index contributed by atoms with van der Waals surface area (Å²) in [6.07, 6.45) is 6.66. The molecule has 2 aromatic heterocycles. The Balaban J connectivity index is 1.41. The summed E-state index contributed by atoms with van der Waals surface area (Å²) in [5.41, 5.74) is -0.405. The molecule has 150 valence electrons. The number of aromatic nitrogens is 4. The Bertz CT molecular complexity index is 1030. The van der Waals surface area contributed by atoms with Gasteiger partial charge in [-0.1, -0.05) is 5.16 Å². The normalized spacial score (nSPS) is 24.6. The fourth-order valence-corrected chi connectivity index (χ4v) is 5.21. The molecule has 3 aliphatic rings. The van der Waals surface area contributed by atoms with Crippen LogP contribution in [0.25, 0.3) is 0 Å². The molecule has 11 heteroatoms. The van der Waals surface area contributed by atoms with Crippen LogP contribution in [0.4, 0.5) is 0 Å². The average molecular weight is 406 g/mol. The van der Waals surface area contributed by atoms with E-state index in [2.05, 4.69) is 15.1 Å². The van der Waals surface area contributed by atoms with Crippen LogP contribution in [0.15, 0.2) is 16.9 Å². The molecule has 28 heavy (non-hydrogen) atoms. The van der Waals surface area contributed by atoms with Crippen molar-refractivity contribution in [2.75, 3.05) is 32.4 Å². The average Bonchev–Trinajstić information content (AvgIpc) is 3.03. The highest BCUT2D eigenvalue weighted by molar-refractivity contribution is 7.88. The summed E-state index contributed by atoms with van der Waals surface area (Å²) in [7, 11) is -1.58. The van der Waals surface area contributed by atoms with Crippen molar-refractivity contribution in [3.8, 4) is 0 Å². The molecule has 1 aliphatic carbocycles. The second-order valence-electron chi connectivity index (χ2n) is 8.26. The number of sulfonamides is 1. The quantitative estimate of drug-likeness (QED) is 0.711. The Kier molecular flexibility index (Phi) is 3.73. The minimum Gasteiger partial charge on any atom is -0.339 e. The van der Waals surface area contributed by atoms with Gasteiger partial charge >= 0.3 is 0 Å². The first-order valence-corrected chi connectivity index (χ1v) is 11.2. The number of hydrogen-bond acceptors (Lipinski definition) is 7. The molecule has 0 radical (unpaired) electrons. The smallest absolute Gasteiger partial charge is 0.289 e. The second-order valence-corrected chi connectivity index (χ2v) is 10.2. The number of nitrogens with zero attached hydrogens (tertiary/aromatic N) is 6. The van der Waals surface area contributed by atoms with Gasteiger partial charge in [0.05, 0.1) is 12.2 Å². The highest BCUT2D eigenvalue weighted by Gasteiger charge is 2.59. The maximum Gasteiger partial charge on any atom is 0.289 e. The fraction of sp³-hybridized carbons (Fsp3) is 0.647. The predicted molar refractivity (Wildman–Crippen MR) is 97.0 cm³/mol. The molecule has 2 aromatic rings. The third-order valence-corrected chi connectivity index (χ3v) is 7.31. The summed E-state index contributed by atoms with van der Waals surface area (Å²) in [6.45, 7) is 1.53. The van der Waals surface area contributed by atoms with Crippen LogP contribution < -0.4 is 0 Å². The molecule has 1 unspecified atom stereocenters. The molecule has 0 bridgehead atoms. The van der Waals surface area contributed by atoms with Gasteiger partial charge in [-0.05, 0) is 12.8 Å². The van der Waals surface area contributed by atoms with E-state index >= 15 is 0 Å². The number of rotatable bonds is 4. The Labute approximate surface area is 162 Å². The van der Waals surface area contributed by atoms with Gasteiger partial charge in [0, 0.05) is 57.0 Å². The molecule has 1 atom stereocenters. The Morgan fingerprint density at radius 1 is 1.29 bits per heavy atom. The van der Waals surface area contributed by atoms with Crippen LogP contribution in [0.3, 0.4) is 0 Å². The van der Waals surface area contributed by atoms with Crippen molar-refractivity contribution < 1.29 is 17.7 Å². The van der Waals surface area contributed by atoms with Gasteiger partial charge < -0.3 is 14.0 Å². The maximum absolute atomic E-state index is 12.7. The molecule has 0 N–H and O–H groups in total. The van der Waals surface area contributed by atoms with E-state index in [1.807, 2.05) is 0 Å². The molecule has 1 saturated carbocycles. The first-order valence-electron chi connectivity index (χ1n) is 9.32. The largest absolute Gasteiger partial charge is 0.339 e. The van der Waals surface area contributed by atoms with Gasteiger partial charge in [0.1, 0.15) is 0 Å². The van der Waals surface area contributed by atoms with Gasteiger partial charge in [-0.25, -0.2) is 17.7 Å². The predicted octanol–water partition coefficient (Wildman–Crippen LogP) is 0.182. The number of carbonyl (C=O) groups excluding carboxylic acids is 1. The lowest BCUT2D eigenvalue weighted by Gasteiger charge is -2.49. The molecule has 2 aliphatic heterocycles. The van der Waals surface area contributed by atoms with Crippen molar-refractivity contribution in [1.82, 2.24) is 28.9 Å². The molecule has 1 amide bonds. The molecular weight excluding hydrogens is 384 g/mol. The zero-order valence-corrected chi connectivity index (χ0v) is 16.6. The van der Waals surface area contributed by atoms with E-state index in [4.69, 9.17) is 4.52 Å². The summed E-state index contributed by atoms with van der Waals surface area (Å²) in [6, 6.07) is 0. The van der Waals surface area contributed by atoms with Gasteiger partial charge in [-0.3, -0.25) is 4.79 Å². The molecule has 2 saturated heterocycles. The van der Waals surface area contributed by atoms with Gasteiger partial charge in [0.25, 0.3) is 5.91 Å². The van der Waals surface area contributed by atoms with E-state index < -0.39 is 15.4 Å². The van der Waals surface area contributed by atoms with Crippen LogP contribution in [0, 0.1) is 5.41 Å². The lowest BCUT2D eigenvalue weighted by molar-refractivity contribution is 0.000173. The highest BCUT2D eigenvalue weighted by atomic mass is 32.2. The molecule has 1 spiro atoms. The summed E-state index contributed by atoms with van der Waals surface area (Å²) in [5.74, 6) is 1.56. The second kappa shape index (κ2) is 5.86. The van der Waals surface area contributed by atoms with Crippen LogP contribution in [0.1, 0.15) is 47.0 Å². The zero-order valence-electron chi connectivity index (χ0n) is 15.8. The monoisotopic (exact) mass is 406 g/mol. The summed E-state index contributed by atoms with van der Waals surface area (Å²) in [4.78, 5) is 23.1. The van der Waals surface area contributed by atoms with E-state index in [0.29, 0.717) is 49.6 Å². The van der Waals surface area contributed by atoms with Crippen molar-refractivity contribution in [3.63, 3.8) is 0 Å². The minimum atomic E-state index is -3.35. The van der Waals surface area contributed by atoms with Crippen molar-refractivity contribution in [3.05, 3.63) is 29.9 Å². The van der Waals surface area contributed by atoms with Crippen LogP contribution in [-0.4, -0.2) is 75.7 Å². The third kappa shape index (κ3) is 2.75. The standard InChI is InChI=1S/C17H22N6O4S/c1-21-6-5-18-14(21)16(24)22-8-17(9-22)10-23(28(2,25)26)7-12(17)15-19-13(20-27-15)11-3-4-11/h5-6,11-12H,3-4,7-10H2,1-2H3. The first kappa shape index (κ1) is 17.8. The number of amides is 1. The number of likely N-dealkylation sites (tertiary alicyclic amines) is 1. The van der Waals surface area contributed by atoms with E-state index in [1.54, 1.807) is 28.9 Å². The lowest BCUT2D eigenvalue weighted by Crippen LogP contribution is -2.62. The summed E-state index contributed by atoms with van der Waals surface area (Å²) < 4.78 is 33.0. The topological polar surface area (TPSA) is 114 Å². The van der Waals surface area contributed by atoms with Crippen LogP contribution in [-0.2, 0) is 17.1 Å². The number of aryl methyl sites for hydroxylation is 1. The molecule has 0 aromatic carbocycles. The first-order chi connectivity index (χ1) is 13.3. The fourth-order valence-electron chi connectivity index (χ4n) is 4.30. The SMILES string of the molecule is Cn1ccnc1C(=O)N1CC2(C1)CN(S(C)(=O)=O)CC2c1nc(C2CC2)no1. The maximum atomic E-state index is 12.7. The molecular formula is C17H22N6O4S. The van der Waals surface area contributed by atoms with Gasteiger partial charge in [0.2, 0.25) is 15.9 Å². The molecule has 3 fully saturated rings. The molecule has 10 nitrogen and oxygen atoms in total. The molecule has 5 rings (SSSR count). The Morgan fingerprint density at radius 2 is 2.04 bits per heavy atom. The van der Waals surface area contributed by atoms with Gasteiger partial charge in [-0.2, -0.15) is 4.98 Å². The van der Waals surface area contributed by atoms with Crippen molar-refractivity contribution in [1.29, 1.82) is 0 Å². The number of imidazole rings is 1. The van der Waals surface area contributed by atoms with Crippen LogP contribution in [0.5, 0.6) is 0 Å². The van der Waals surface area contributed by atoms with Gasteiger partial charge in [0.15, 0.2) is 11.6 Å². The van der Waals surface area contributed by atoms with E-state index in [0.717, 1.165) is 12.8 Å². The van der Waals surface area contributed by atoms with Crippen molar-refractivity contribution in [2.45, 2.75) is 24.7 Å². The highest BCUT2D eigenvalue weighted by Crippen LogP contribution is 2.50. The number of carbonyl (C=O) groups is 1. The third-order valence-electron chi connectivity index (χ3n) is 6.09. The minimum absolute atomic E-state index is 0.154. The zero-order chi connectivity index (χ0) is 19.7. The van der Waals surface area contributed by atoms with E-state index in [1.165, 1.54) is 10.6 Å². The van der Waals surface area contributed by atoms with Crippen molar-refractivity contribution >= 4 is 15.9 Å². The van der Waals surface area contributed by atoms with Crippen molar-refractivity contribution in [2.24, 2.45) is 12.5 Å².